The van der Waals surface area contributed by atoms with Gasteiger partial charge < -0.3 is 26.2 Å². The Labute approximate surface area is 181 Å². The quantitative estimate of drug-likeness (QED) is 0.182. The first kappa shape index (κ1) is 29.1. The molecule has 0 bridgehead atoms. The van der Waals surface area contributed by atoms with E-state index >= 15 is 0 Å². The van der Waals surface area contributed by atoms with E-state index in [1.807, 2.05) is 6.92 Å². The number of hydrogen-bond acceptors (Lipinski definition) is 2. The number of ether oxygens (including phenoxy) is 1. The molecule has 0 saturated heterocycles. The molecule has 0 fully saturated rings. The third-order valence-electron chi connectivity index (χ3n) is 5.32. The molecule has 0 saturated carbocycles. The molecule has 0 radical (unpaired) electrons. The molecule has 0 aromatic heterocycles. The molecule has 0 amide bonds. The standard InChI is InChI=1S/C23H48NO2.BrH/c1-6-8-9-10-11-12-13-14-15-16-17-18-19-20-21-22(24(3,4)5)23(25)26-7-2;/h22H,6-21H2,1-5H3;1H/q+1;/p-1. The van der Waals surface area contributed by atoms with Crippen LogP contribution in [0.25, 0.3) is 0 Å². The van der Waals surface area contributed by atoms with E-state index in [1.165, 1.54) is 83.5 Å². The Kier molecular flexibility index (Phi) is 20.7. The van der Waals surface area contributed by atoms with Gasteiger partial charge in [0.1, 0.15) is 0 Å². The van der Waals surface area contributed by atoms with Gasteiger partial charge in [0, 0.05) is 6.42 Å². The lowest BCUT2D eigenvalue weighted by molar-refractivity contribution is -0.887. The summed E-state index contributed by atoms with van der Waals surface area (Å²) in [6.45, 7) is 4.65. The topological polar surface area (TPSA) is 26.3 Å². The molecule has 0 aliphatic rings. The van der Waals surface area contributed by atoms with Gasteiger partial charge in [-0.15, -0.1) is 0 Å². The van der Waals surface area contributed by atoms with Crippen molar-refractivity contribution in [2.75, 3.05) is 27.7 Å². The Balaban J connectivity index is 0. The van der Waals surface area contributed by atoms with Crippen LogP contribution in [0.3, 0.4) is 0 Å². The highest BCUT2D eigenvalue weighted by Crippen LogP contribution is 2.17. The zero-order chi connectivity index (χ0) is 19.7. The van der Waals surface area contributed by atoms with Crippen molar-refractivity contribution in [1.29, 1.82) is 0 Å². The summed E-state index contributed by atoms with van der Waals surface area (Å²) in [5, 5.41) is 0. The zero-order valence-corrected chi connectivity index (χ0v) is 20.6. The fourth-order valence-electron chi connectivity index (χ4n) is 3.59. The number of rotatable bonds is 18. The third kappa shape index (κ3) is 17.7. The predicted molar refractivity (Wildman–Crippen MR) is 113 cm³/mol. The highest BCUT2D eigenvalue weighted by atomic mass is 79.9. The summed E-state index contributed by atoms with van der Waals surface area (Å²) in [4.78, 5) is 12.1. The Bertz CT molecular complexity index is 329. The normalized spacial score (nSPS) is 12.5. The number of hydrogen-bond donors (Lipinski definition) is 0. The van der Waals surface area contributed by atoms with Gasteiger partial charge in [0.2, 0.25) is 0 Å². The van der Waals surface area contributed by atoms with Crippen LogP contribution in [0.2, 0.25) is 0 Å². The Morgan fingerprint density at radius 3 is 1.41 bits per heavy atom. The molecule has 27 heavy (non-hydrogen) atoms. The second-order valence-corrected chi connectivity index (χ2v) is 8.77. The van der Waals surface area contributed by atoms with E-state index in [0.717, 1.165) is 12.8 Å². The highest BCUT2D eigenvalue weighted by Gasteiger charge is 2.32. The monoisotopic (exact) mass is 449 g/mol. The van der Waals surface area contributed by atoms with Crippen LogP contribution in [-0.2, 0) is 9.53 Å². The van der Waals surface area contributed by atoms with Crippen molar-refractivity contribution >= 4 is 5.97 Å². The summed E-state index contributed by atoms with van der Waals surface area (Å²) in [6, 6.07) is -0.0210. The maximum atomic E-state index is 12.1. The Hall–Kier alpha value is -0.0900. The van der Waals surface area contributed by atoms with Gasteiger partial charge in [-0.25, -0.2) is 4.79 Å². The molecule has 0 aliphatic carbocycles. The van der Waals surface area contributed by atoms with Gasteiger partial charge in [0.15, 0.2) is 6.04 Å². The lowest BCUT2D eigenvalue weighted by Gasteiger charge is -2.32. The maximum absolute atomic E-state index is 12.1. The molecule has 3 nitrogen and oxygen atoms in total. The maximum Gasteiger partial charge on any atom is 0.364 e. The molecule has 164 valence electrons. The summed E-state index contributed by atoms with van der Waals surface area (Å²) in [5.74, 6) is -0.0327. The molecule has 0 rings (SSSR count). The Morgan fingerprint density at radius 2 is 1.07 bits per heavy atom. The van der Waals surface area contributed by atoms with E-state index in [1.54, 1.807) is 0 Å². The number of unbranched alkanes of at least 4 members (excludes halogenated alkanes) is 13. The molecule has 1 atom stereocenters. The van der Waals surface area contributed by atoms with Crippen LogP contribution in [0.1, 0.15) is 110 Å². The van der Waals surface area contributed by atoms with Crippen molar-refractivity contribution in [1.82, 2.24) is 0 Å². The van der Waals surface area contributed by atoms with Gasteiger partial charge >= 0.3 is 5.97 Å². The molecular formula is C23H48BrNO2. The minimum absolute atomic E-state index is 0. The van der Waals surface area contributed by atoms with Crippen molar-refractivity contribution in [2.24, 2.45) is 0 Å². The van der Waals surface area contributed by atoms with Crippen LogP contribution in [0.4, 0.5) is 0 Å². The molecule has 0 N–H and O–H groups in total. The van der Waals surface area contributed by atoms with E-state index in [0.29, 0.717) is 11.1 Å². The molecule has 0 aromatic rings. The SMILES string of the molecule is CCCCCCCCCCCCCCCCC(C(=O)OCC)[N+](C)(C)C.[Br-]. The lowest BCUT2D eigenvalue weighted by atomic mass is 10.0. The van der Waals surface area contributed by atoms with Crippen LogP contribution < -0.4 is 17.0 Å². The first-order chi connectivity index (χ1) is 12.4. The van der Waals surface area contributed by atoms with E-state index in [9.17, 15) is 4.79 Å². The average molecular weight is 451 g/mol. The van der Waals surface area contributed by atoms with Gasteiger partial charge in [0.05, 0.1) is 27.7 Å². The van der Waals surface area contributed by atoms with Crippen LogP contribution in [-0.4, -0.2) is 44.2 Å². The molecule has 0 aromatic carbocycles. The first-order valence-corrected chi connectivity index (χ1v) is 11.4. The highest BCUT2D eigenvalue weighted by molar-refractivity contribution is 5.74. The third-order valence-corrected chi connectivity index (χ3v) is 5.32. The van der Waals surface area contributed by atoms with E-state index in [-0.39, 0.29) is 29.0 Å². The summed E-state index contributed by atoms with van der Waals surface area (Å²) in [7, 11) is 6.27. The number of likely N-dealkylation sites (N-methyl/N-ethyl adjacent to an activating group) is 1. The van der Waals surface area contributed by atoms with Gasteiger partial charge in [-0.2, -0.15) is 0 Å². The summed E-state index contributed by atoms with van der Waals surface area (Å²) >= 11 is 0. The fourth-order valence-corrected chi connectivity index (χ4v) is 3.59. The van der Waals surface area contributed by atoms with Crippen molar-refractivity contribution in [2.45, 2.75) is 116 Å². The number of carbonyl (C=O) groups excluding carboxylic acids is 1. The second kappa shape index (κ2) is 19.2. The molecule has 0 aliphatic heterocycles. The van der Waals surface area contributed by atoms with E-state index < -0.39 is 0 Å². The largest absolute Gasteiger partial charge is 1.00 e. The first-order valence-electron chi connectivity index (χ1n) is 11.4. The van der Waals surface area contributed by atoms with Crippen molar-refractivity contribution < 1.29 is 31.0 Å². The fraction of sp³-hybridized carbons (Fsp3) is 0.957. The smallest absolute Gasteiger partial charge is 0.364 e. The van der Waals surface area contributed by atoms with Gasteiger partial charge in [-0.05, 0) is 13.3 Å². The number of esters is 1. The van der Waals surface area contributed by atoms with Crippen molar-refractivity contribution in [3.63, 3.8) is 0 Å². The minimum atomic E-state index is -0.0327. The molecular weight excluding hydrogens is 402 g/mol. The molecule has 1 unspecified atom stereocenters. The molecule has 0 spiro atoms. The van der Waals surface area contributed by atoms with Gasteiger partial charge in [-0.1, -0.05) is 90.4 Å². The van der Waals surface area contributed by atoms with E-state index in [4.69, 9.17) is 4.74 Å². The molecule has 4 heteroatoms. The Morgan fingerprint density at radius 1 is 0.704 bits per heavy atom. The van der Waals surface area contributed by atoms with Crippen LogP contribution >= 0.6 is 0 Å². The van der Waals surface area contributed by atoms with Crippen LogP contribution in [0.15, 0.2) is 0 Å². The van der Waals surface area contributed by atoms with Gasteiger partial charge in [0.25, 0.3) is 0 Å². The number of nitrogens with zero attached hydrogens (tertiary/aromatic N) is 1. The van der Waals surface area contributed by atoms with Crippen LogP contribution in [0.5, 0.6) is 0 Å². The minimum Gasteiger partial charge on any atom is -1.00 e. The second-order valence-electron chi connectivity index (χ2n) is 8.77. The van der Waals surface area contributed by atoms with Gasteiger partial charge in [-0.3, -0.25) is 0 Å². The number of carbonyl (C=O) groups is 1. The van der Waals surface area contributed by atoms with Crippen molar-refractivity contribution in [3.8, 4) is 0 Å². The zero-order valence-electron chi connectivity index (χ0n) is 19.0. The van der Waals surface area contributed by atoms with Crippen molar-refractivity contribution in [3.05, 3.63) is 0 Å². The molecule has 0 heterocycles. The van der Waals surface area contributed by atoms with E-state index in [2.05, 4.69) is 28.1 Å². The summed E-state index contributed by atoms with van der Waals surface area (Å²) < 4.78 is 5.91. The predicted octanol–water partition coefficient (Wildman–Crippen LogP) is 3.50. The summed E-state index contributed by atoms with van der Waals surface area (Å²) in [6.07, 6.45) is 20.1. The summed E-state index contributed by atoms with van der Waals surface area (Å²) in [5.41, 5.74) is 0. The number of halogens is 1. The lowest BCUT2D eigenvalue weighted by Crippen LogP contribution is -3.00. The number of quaternary nitrogens is 1. The average Bonchev–Trinajstić information content (AvgIpc) is 2.57. The van der Waals surface area contributed by atoms with Crippen LogP contribution in [0, 0.1) is 0 Å².